The van der Waals surface area contributed by atoms with Gasteiger partial charge in [0.15, 0.2) is 0 Å². The van der Waals surface area contributed by atoms with Gasteiger partial charge in [0.1, 0.15) is 11.3 Å². The summed E-state index contributed by atoms with van der Waals surface area (Å²) in [4.78, 5) is 14.7. The lowest BCUT2D eigenvalue weighted by atomic mass is 9.74. The van der Waals surface area contributed by atoms with E-state index in [4.69, 9.17) is 14.4 Å². The van der Waals surface area contributed by atoms with E-state index in [0.717, 1.165) is 62.6 Å². The van der Waals surface area contributed by atoms with Crippen LogP contribution in [0.15, 0.2) is 150 Å². The lowest BCUT2D eigenvalue weighted by molar-refractivity contribution is 0.601. The van der Waals surface area contributed by atoms with Gasteiger partial charge in [0.25, 0.3) is 0 Å². The number of hydrogen-bond donors (Lipinski definition) is 0. The van der Waals surface area contributed by atoms with Crippen LogP contribution in [0.25, 0.3) is 82.5 Å². The van der Waals surface area contributed by atoms with Crippen LogP contribution in [0.1, 0.15) is 48.6 Å². The van der Waals surface area contributed by atoms with E-state index in [2.05, 4.69) is 146 Å². The van der Waals surface area contributed by atoms with E-state index in [1.165, 1.54) is 55.1 Å². The summed E-state index contributed by atoms with van der Waals surface area (Å²) in [6.07, 6.45) is 12.7. The van der Waals surface area contributed by atoms with E-state index in [0.29, 0.717) is 5.92 Å². The normalized spacial score (nSPS) is 18.2. The quantitative estimate of drug-likeness (QED) is 0.174. The van der Waals surface area contributed by atoms with Gasteiger partial charge in [-0.3, -0.25) is 9.97 Å². The summed E-state index contributed by atoms with van der Waals surface area (Å²) in [6, 6.07) is 41.2. The Morgan fingerprint density at radius 1 is 0.717 bits per heavy atom. The van der Waals surface area contributed by atoms with E-state index in [1.54, 1.807) is 0 Å². The first-order valence-electron chi connectivity index (χ1n) is 18.5. The minimum absolute atomic E-state index is 0.137. The Labute approximate surface area is 307 Å². The first-order valence-corrected chi connectivity index (χ1v) is 18.5. The highest BCUT2D eigenvalue weighted by atomic mass is 16.3. The number of fused-ring (bicyclic) bond motifs is 11. The van der Waals surface area contributed by atoms with Crippen molar-refractivity contribution in [1.29, 1.82) is 0 Å². The summed E-state index contributed by atoms with van der Waals surface area (Å²) in [5.41, 5.74) is 13.4. The number of furan rings is 1. The average molecular weight is 682 g/mol. The Morgan fingerprint density at radius 2 is 1.53 bits per heavy atom. The van der Waals surface area contributed by atoms with Crippen LogP contribution < -0.4 is 0 Å². The fourth-order valence-corrected chi connectivity index (χ4v) is 8.99. The molecule has 11 rings (SSSR count). The molecule has 0 saturated carbocycles. The molecule has 0 saturated heterocycles. The van der Waals surface area contributed by atoms with Gasteiger partial charge in [-0.2, -0.15) is 0 Å². The number of pyridine rings is 3. The summed E-state index contributed by atoms with van der Waals surface area (Å²) in [7, 11) is 0. The molecule has 5 aromatic carbocycles. The molecule has 2 atom stereocenters. The lowest BCUT2D eigenvalue weighted by Gasteiger charge is -2.30. The number of nitrogens with zero attached hydrogens (tertiary/aromatic N) is 3. The molecular formula is C49H35N3O. The second-order valence-electron chi connectivity index (χ2n) is 15.1. The Morgan fingerprint density at radius 3 is 2.43 bits per heavy atom. The van der Waals surface area contributed by atoms with Gasteiger partial charge in [0.05, 0.1) is 22.2 Å². The maximum atomic E-state index is 6.66. The smallest absolute Gasteiger partial charge is 0.139 e. The van der Waals surface area contributed by atoms with Crippen LogP contribution in [0, 0.1) is 0 Å². The topological polar surface area (TPSA) is 51.8 Å². The number of aromatic nitrogens is 3. The second kappa shape index (κ2) is 11.3. The van der Waals surface area contributed by atoms with Crippen LogP contribution in [0.5, 0.6) is 0 Å². The van der Waals surface area contributed by atoms with Gasteiger partial charge in [-0.25, -0.2) is 4.98 Å². The number of rotatable bonds is 3. The molecule has 4 heterocycles. The first kappa shape index (κ1) is 30.3. The maximum absolute atomic E-state index is 6.66. The summed E-state index contributed by atoms with van der Waals surface area (Å²) in [5, 5.41) is 7.06. The Bertz CT molecular complexity index is 3060. The average Bonchev–Trinajstić information content (AvgIpc) is 3.60. The van der Waals surface area contributed by atoms with Gasteiger partial charge in [-0.1, -0.05) is 117 Å². The first-order chi connectivity index (χ1) is 26.0. The van der Waals surface area contributed by atoms with Crippen LogP contribution in [-0.2, 0) is 11.8 Å². The molecule has 2 aliphatic rings. The standard InChI is InChI=1S/C49H35N3O/c1-29-26-40-44(48-43(29)39-10-4-6-12-42(39)53-48)38-9-3-5-11-41(38)52-45(40)31-19-22-49(2,23-20-31)35-17-15-32-27-34(14-13-33(32)28-35)36-21-25-51-47-37(36)18-16-30-8-7-24-50-46(30)47/h3-22,24-25,27-29H,23,26H2,1-2H3. The van der Waals surface area contributed by atoms with E-state index in [1.807, 2.05) is 18.5 Å². The maximum Gasteiger partial charge on any atom is 0.139 e. The van der Waals surface area contributed by atoms with Gasteiger partial charge < -0.3 is 4.42 Å². The van der Waals surface area contributed by atoms with E-state index in [9.17, 15) is 0 Å². The summed E-state index contributed by atoms with van der Waals surface area (Å²) < 4.78 is 6.66. The SMILES string of the molecule is CC1Cc2c(C3=CCC(C)(c4ccc5cc(-c6ccnc7c6ccc6cccnc67)ccc5c4)C=C3)nc3ccccc3c2-c2oc3ccccc3c21. The van der Waals surface area contributed by atoms with E-state index < -0.39 is 0 Å². The molecule has 252 valence electrons. The molecule has 4 heteroatoms. The van der Waals surface area contributed by atoms with Gasteiger partial charge in [0, 0.05) is 50.5 Å². The predicted octanol–water partition coefficient (Wildman–Crippen LogP) is 12.5. The van der Waals surface area contributed by atoms with Crippen molar-refractivity contribution in [2.75, 3.05) is 0 Å². The molecule has 0 spiro atoms. The lowest BCUT2D eigenvalue weighted by Crippen LogP contribution is -2.20. The van der Waals surface area contributed by atoms with Crippen molar-refractivity contribution < 1.29 is 4.42 Å². The van der Waals surface area contributed by atoms with Gasteiger partial charge in [-0.15, -0.1) is 0 Å². The molecule has 0 N–H and O–H groups in total. The fourth-order valence-electron chi connectivity index (χ4n) is 8.99. The minimum atomic E-state index is -0.137. The Kier molecular flexibility index (Phi) is 6.45. The third kappa shape index (κ3) is 4.58. The zero-order chi connectivity index (χ0) is 35.3. The molecule has 0 aliphatic heterocycles. The number of allylic oxidation sites excluding steroid dienone is 4. The number of benzene rings is 5. The molecule has 0 amide bonds. The van der Waals surface area contributed by atoms with Crippen LogP contribution in [0.3, 0.4) is 0 Å². The van der Waals surface area contributed by atoms with Crippen molar-refractivity contribution >= 4 is 60.0 Å². The van der Waals surface area contributed by atoms with Gasteiger partial charge in [0.2, 0.25) is 0 Å². The summed E-state index contributed by atoms with van der Waals surface area (Å²) in [6.45, 7) is 4.67. The molecule has 0 radical (unpaired) electrons. The van der Waals surface area contributed by atoms with Crippen molar-refractivity contribution in [3.63, 3.8) is 0 Å². The molecule has 9 aromatic rings. The highest BCUT2D eigenvalue weighted by Crippen LogP contribution is 2.50. The molecular weight excluding hydrogens is 647 g/mol. The van der Waals surface area contributed by atoms with Crippen molar-refractivity contribution in [1.82, 2.24) is 15.0 Å². The van der Waals surface area contributed by atoms with Crippen molar-refractivity contribution in [3.05, 3.63) is 168 Å². The predicted molar refractivity (Wildman–Crippen MR) is 218 cm³/mol. The molecule has 4 nitrogen and oxygen atoms in total. The van der Waals surface area contributed by atoms with Gasteiger partial charge in [-0.05, 0) is 87.7 Å². The second-order valence-corrected chi connectivity index (χ2v) is 15.1. The van der Waals surface area contributed by atoms with E-state index >= 15 is 0 Å². The highest BCUT2D eigenvalue weighted by molar-refractivity contribution is 6.08. The van der Waals surface area contributed by atoms with Crippen molar-refractivity contribution in [3.8, 4) is 22.5 Å². The molecule has 4 aromatic heterocycles. The van der Waals surface area contributed by atoms with Crippen LogP contribution in [-0.4, -0.2) is 15.0 Å². The van der Waals surface area contributed by atoms with Gasteiger partial charge >= 0.3 is 0 Å². The largest absolute Gasteiger partial charge is 0.456 e. The van der Waals surface area contributed by atoms with Crippen LogP contribution >= 0.6 is 0 Å². The molecule has 0 fully saturated rings. The molecule has 53 heavy (non-hydrogen) atoms. The fraction of sp³-hybridized carbons (Fsp3) is 0.122. The zero-order valence-electron chi connectivity index (χ0n) is 29.6. The number of hydrogen-bond acceptors (Lipinski definition) is 4. The van der Waals surface area contributed by atoms with Crippen LogP contribution in [0.2, 0.25) is 0 Å². The van der Waals surface area contributed by atoms with Crippen molar-refractivity contribution in [2.24, 2.45) is 0 Å². The van der Waals surface area contributed by atoms with Crippen molar-refractivity contribution in [2.45, 2.75) is 38.0 Å². The monoisotopic (exact) mass is 681 g/mol. The third-order valence-electron chi connectivity index (χ3n) is 11.8. The molecule has 2 aliphatic carbocycles. The van der Waals surface area contributed by atoms with Crippen LogP contribution in [0.4, 0.5) is 0 Å². The minimum Gasteiger partial charge on any atom is -0.456 e. The molecule has 2 unspecified atom stereocenters. The zero-order valence-corrected chi connectivity index (χ0v) is 29.6. The summed E-state index contributed by atoms with van der Waals surface area (Å²) >= 11 is 0. The summed E-state index contributed by atoms with van der Waals surface area (Å²) in [5.74, 6) is 1.33. The number of para-hydroxylation sites is 2. The Balaban J connectivity index is 0.950. The highest BCUT2D eigenvalue weighted by Gasteiger charge is 2.33. The Hall–Kier alpha value is -6.39. The molecule has 0 bridgehead atoms. The van der Waals surface area contributed by atoms with E-state index in [-0.39, 0.29) is 5.41 Å². The third-order valence-corrected chi connectivity index (χ3v) is 11.8.